The SMILES string of the molecule is CC12CCC(=O)N1C(C(=O)NCC(O)c1ccsc1)CS2. The van der Waals surface area contributed by atoms with Crippen molar-refractivity contribution in [3.63, 3.8) is 0 Å². The van der Waals surface area contributed by atoms with E-state index in [4.69, 9.17) is 0 Å². The van der Waals surface area contributed by atoms with Crippen LogP contribution >= 0.6 is 23.1 Å². The number of aliphatic hydroxyl groups excluding tert-OH is 1. The highest BCUT2D eigenvalue weighted by Crippen LogP contribution is 2.47. The van der Waals surface area contributed by atoms with Crippen LogP contribution in [-0.2, 0) is 9.59 Å². The standard InChI is InChI=1S/C14H18N2O3S2/c1-14-4-2-12(18)16(14)10(8-21-14)13(19)15-6-11(17)9-3-5-20-7-9/h3,5,7,10-11,17H,2,4,6,8H2,1H3,(H,15,19). The summed E-state index contributed by atoms with van der Waals surface area (Å²) in [5, 5.41) is 16.5. The Labute approximate surface area is 131 Å². The van der Waals surface area contributed by atoms with Gasteiger partial charge in [-0.3, -0.25) is 9.59 Å². The van der Waals surface area contributed by atoms with E-state index in [1.807, 2.05) is 23.8 Å². The molecule has 0 spiro atoms. The molecule has 0 aromatic carbocycles. The van der Waals surface area contributed by atoms with E-state index in [1.165, 1.54) is 11.3 Å². The normalized spacial score (nSPS) is 29.5. The van der Waals surface area contributed by atoms with Crippen molar-refractivity contribution in [2.75, 3.05) is 12.3 Å². The zero-order valence-electron chi connectivity index (χ0n) is 11.7. The van der Waals surface area contributed by atoms with Crippen LogP contribution in [0.5, 0.6) is 0 Å². The molecule has 3 heterocycles. The van der Waals surface area contributed by atoms with Crippen LogP contribution in [0.3, 0.4) is 0 Å². The van der Waals surface area contributed by atoms with Gasteiger partial charge in [-0.15, -0.1) is 11.8 Å². The van der Waals surface area contributed by atoms with Crippen LogP contribution < -0.4 is 5.32 Å². The zero-order valence-corrected chi connectivity index (χ0v) is 13.4. The van der Waals surface area contributed by atoms with Gasteiger partial charge in [-0.1, -0.05) is 0 Å². The summed E-state index contributed by atoms with van der Waals surface area (Å²) in [4.78, 5) is 25.8. The van der Waals surface area contributed by atoms with E-state index in [0.717, 1.165) is 12.0 Å². The highest BCUT2D eigenvalue weighted by Gasteiger charge is 2.52. The number of fused-ring (bicyclic) bond motifs is 1. The van der Waals surface area contributed by atoms with Gasteiger partial charge in [-0.25, -0.2) is 0 Å². The molecule has 3 rings (SSSR count). The molecule has 2 aliphatic heterocycles. The fraction of sp³-hybridized carbons (Fsp3) is 0.571. The first kappa shape index (κ1) is 14.9. The minimum absolute atomic E-state index is 0.0565. The molecule has 7 heteroatoms. The Morgan fingerprint density at radius 1 is 1.67 bits per heavy atom. The third-order valence-electron chi connectivity index (χ3n) is 4.15. The fourth-order valence-corrected chi connectivity index (χ4v) is 5.05. The van der Waals surface area contributed by atoms with E-state index in [1.54, 1.807) is 16.7 Å². The molecule has 21 heavy (non-hydrogen) atoms. The third kappa shape index (κ3) is 2.69. The lowest BCUT2D eigenvalue weighted by atomic mass is 10.2. The summed E-state index contributed by atoms with van der Waals surface area (Å²) < 4.78 is 0. The molecule has 0 aliphatic carbocycles. The summed E-state index contributed by atoms with van der Waals surface area (Å²) in [7, 11) is 0. The van der Waals surface area contributed by atoms with E-state index >= 15 is 0 Å². The summed E-state index contributed by atoms with van der Waals surface area (Å²) in [5.41, 5.74) is 0.809. The molecular formula is C14H18N2O3S2. The minimum Gasteiger partial charge on any atom is -0.387 e. The maximum Gasteiger partial charge on any atom is 0.243 e. The van der Waals surface area contributed by atoms with E-state index in [0.29, 0.717) is 12.2 Å². The Balaban J connectivity index is 1.60. The molecule has 0 radical (unpaired) electrons. The Kier molecular flexibility index (Phi) is 3.98. The van der Waals surface area contributed by atoms with Gasteiger partial charge in [0.15, 0.2) is 0 Å². The lowest BCUT2D eigenvalue weighted by Crippen LogP contribution is -2.50. The average molecular weight is 326 g/mol. The van der Waals surface area contributed by atoms with Gasteiger partial charge in [-0.2, -0.15) is 11.3 Å². The van der Waals surface area contributed by atoms with Crippen molar-refractivity contribution in [2.45, 2.75) is 36.8 Å². The number of hydrogen-bond donors (Lipinski definition) is 2. The van der Waals surface area contributed by atoms with Crippen LogP contribution in [0.15, 0.2) is 16.8 Å². The van der Waals surface area contributed by atoms with Crippen molar-refractivity contribution in [1.82, 2.24) is 10.2 Å². The number of thioether (sulfide) groups is 1. The van der Waals surface area contributed by atoms with Crippen molar-refractivity contribution in [2.24, 2.45) is 0 Å². The average Bonchev–Trinajstić information content (AvgIpc) is 3.14. The highest BCUT2D eigenvalue weighted by molar-refractivity contribution is 8.01. The molecule has 0 bridgehead atoms. The largest absolute Gasteiger partial charge is 0.387 e. The van der Waals surface area contributed by atoms with E-state index < -0.39 is 12.1 Å². The topological polar surface area (TPSA) is 69.6 Å². The Bertz CT molecular complexity index is 548. The van der Waals surface area contributed by atoms with Crippen LogP contribution in [0.2, 0.25) is 0 Å². The summed E-state index contributed by atoms with van der Waals surface area (Å²) in [5.74, 6) is 0.514. The smallest absolute Gasteiger partial charge is 0.243 e. The Morgan fingerprint density at radius 2 is 2.48 bits per heavy atom. The monoisotopic (exact) mass is 326 g/mol. The molecule has 1 aromatic heterocycles. The van der Waals surface area contributed by atoms with Crippen molar-refractivity contribution in [3.8, 4) is 0 Å². The number of amides is 2. The second-order valence-electron chi connectivity index (χ2n) is 5.58. The zero-order chi connectivity index (χ0) is 15.0. The van der Waals surface area contributed by atoms with Crippen LogP contribution in [0, 0.1) is 0 Å². The van der Waals surface area contributed by atoms with Crippen LogP contribution in [-0.4, -0.2) is 45.0 Å². The molecule has 2 saturated heterocycles. The number of hydrogen-bond acceptors (Lipinski definition) is 5. The molecule has 2 aliphatic rings. The summed E-state index contributed by atoms with van der Waals surface area (Å²) >= 11 is 3.18. The molecule has 2 fully saturated rings. The van der Waals surface area contributed by atoms with Gasteiger partial charge < -0.3 is 15.3 Å². The first-order valence-electron chi connectivity index (χ1n) is 6.95. The molecular weight excluding hydrogens is 308 g/mol. The number of nitrogens with zero attached hydrogens (tertiary/aromatic N) is 1. The third-order valence-corrected chi connectivity index (χ3v) is 6.35. The molecule has 0 saturated carbocycles. The van der Waals surface area contributed by atoms with Crippen LogP contribution in [0.25, 0.3) is 0 Å². The van der Waals surface area contributed by atoms with Crippen molar-refractivity contribution in [1.29, 1.82) is 0 Å². The lowest BCUT2D eigenvalue weighted by molar-refractivity contribution is -0.138. The molecule has 3 unspecified atom stereocenters. The molecule has 1 aromatic rings. The van der Waals surface area contributed by atoms with Gasteiger partial charge in [0, 0.05) is 18.7 Å². The van der Waals surface area contributed by atoms with Crippen LogP contribution in [0.4, 0.5) is 0 Å². The number of carbonyl (C=O) groups is 2. The maximum absolute atomic E-state index is 12.3. The van der Waals surface area contributed by atoms with Crippen molar-refractivity contribution in [3.05, 3.63) is 22.4 Å². The van der Waals surface area contributed by atoms with E-state index in [9.17, 15) is 14.7 Å². The summed E-state index contributed by atoms with van der Waals surface area (Å²) in [6.45, 7) is 2.20. The summed E-state index contributed by atoms with van der Waals surface area (Å²) in [6.07, 6.45) is 0.623. The number of carbonyl (C=O) groups excluding carboxylic acids is 2. The number of thiophene rings is 1. The number of nitrogens with one attached hydrogen (secondary N) is 1. The number of aliphatic hydroxyl groups is 1. The predicted molar refractivity (Wildman–Crippen MR) is 83.0 cm³/mol. The van der Waals surface area contributed by atoms with Gasteiger partial charge >= 0.3 is 0 Å². The Morgan fingerprint density at radius 3 is 3.19 bits per heavy atom. The molecule has 2 N–H and O–H groups in total. The second kappa shape index (κ2) is 5.62. The van der Waals surface area contributed by atoms with Gasteiger partial charge in [0.1, 0.15) is 6.04 Å². The molecule has 3 atom stereocenters. The van der Waals surface area contributed by atoms with E-state index in [2.05, 4.69) is 5.32 Å². The van der Waals surface area contributed by atoms with Gasteiger partial charge in [0.05, 0.1) is 11.0 Å². The quantitative estimate of drug-likeness (QED) is 0.876. The maximum atomic E-state index is 12.3. The minimum atomic E-state index is -0.699. The second-order valence-corrected chi connectivity index (χ2v) is 7.86. The first-order valence-corrected chi connectivity index (χ1v) is 8.88. The lowest BCUT2D eigenvalue weighted by Gasteiger charge is -2.30. The van der Waals surface area contributed by atoms with Crippen molar-refractivity contribution >= 4 is 34.9 Å². The fourth-order valence-electron chi connectivity index (χ4n) is 2.91. The van der Waals surface area contributed by atoms with E-state index in [-0.39, 0.29) is 23.2 Å². The molecule has 2 amide bonds. The van der Waals surface area contributed by atoms with Crippen molar-refractivity contribution < 1.29 is 14.7 Å². The van der Waals surface area contributed by atoms with Gasteiger partial charge in [0.25, 0.3) is 0 Å². The Hall–Kier alpha value is -1.05. The predicted octanol–water partition coefficient (Wildman–Crippen LogP) is 1.35. The van der Waals surface area contributed by atoms with Gasteiger partial charge in [0.2, 0.25) is 11.8 Å². The summed E-state index contributed by atoms with van der Waals surface area (Å²) in [6, 6.07) is 1.43. The molecule has 5 nitrogen and oxygen atoms in total. The number of rotatable bonds is 4. The highest BCUT2D eigenvalue weighted by atomic mass is 32.2. The van der Waals surface area contributed by atoms with Crippen LogP contribution in [0.1, 0.15) is 31.4 Å². The van der Waals surface area contributed by atoms with Gasteiger partial charge in [-0.05, 0) is 35.7 Å². The molecule has 114 valence electrons. The first-order chi connectivity index (χ1) is 10.0.